The van der Waals surface area contributed by atoms with Crippen molar-refractivity contribution in [1.29, 1.82) is 0 Å². The summed E-state index contributed by atoms with van der Waals surface area (Å²) in [6, 6.07) is 2.15. The van der Waals surface area contributed by atoms with Gasteiger partial charge in [-0.15, -0.1) is 11.8 Å². The summed E-state index contributed by atoms with van der Waals surface area (Å²) in [5.41, 5.74) is 11.5. The molecule has 224 valence electrons. The van der Waals surface area contributed by atoms with Crippen molar-refractivity contribution in [2.45, 2.75) is 31.0 Å². The fraction of sp³-hybridized carbons (Fsp3) is 0.250. The number of aromatic amines is 1. The smallest absolute Gasteiger partial charge is 0.352 e. The van der Waals surface area contributed by atoms with Crippen molar-refractivity contribution < 1.29 is 43.6 Å². The number of H-pyrrole nitrogens is 1. The Kier molecular flexibility index (Phi) is 8.00. The van der Waals surface area contributed by atoms with Crippen molar-refractivity contribution in [2.24, 2.45) is 10.9 Å². The minimum atomic E-state index is -1.42. The van der Waals surface area contributed by atoms with Crippen LogP contribution in [0.25, 0.3) is 10.9 Å². The molecule has 0 aliphatic carbocycles. The molecule has 0 radical (unpaired) electrons. The maximum Gasteiger partial charge on any atom is 0.352 e. The molecule has 0 saturated carbocycles. The Morgan fingerprint density at radius 1 is 1.37 bits per heavy atom. The van der Waals surface area contributed by atoms with Crippen molar-refractivity contribution in [1.82, 2.24) is 20.2 Å². The van der Waals surface area contributed by atoms with Crippen molar-refractivity contribution in [3.05, 3.63) is 51.5 Å². The number of carboxylic acid groups (broad SMARTS) is 2. The van der Waals surface area contributed by atoms with E-state index >= 15 is 0 Å². The third-order valence-corrected chi connectivity index (χ3v) is 8.91. The standard InChI is InChI=1S/C24H21ClN8O8S2/c1-8(22(37)38)41-31-14(13-17(25)43-24(27)30-13)19(35)29-15-20(36)33-16(23(39)40)10(7-42-21(15)33)6-32-3-2-11-9(5-32)4-12(28-11)18(26)34/h2-5,8,15,21H,6-7H2,1H3,(H7,26,27,29,30,34,35,37,38,39,40)/p+1/t8-,15+,21?/m0/s1. The number of primary amides is 1. The number of oxime groups is 1. The van der Waals surface area contributed by atoms with E-state index in [2.05, 4.69) is 20.4 Å². The van der Waals surface area contributed by atoms with Crippen LogP contribution in [0.5, 0.6) is 0 Å². The van der Waals surface area contributed by atoms with Crippen LogP contribution in [0.3, 0.4) is 0 Å². The van der Waals surface area contributed by atoms with Gasteiger partial charge in [0, 0.05) is 17.4 Å². The average Bonchev–Trinajstić information content (AvgIpc) is 3.53. The number of pyridine rings is 1. The monoisotopic (exact) mass is 649 g/mol. The number of β-lactam (4-membered cyclic amide) rings is 1. The molecule has 3 atom stereocenters. The number of aromatic nitrogens is 3. The van der Waals surface area contributed by atoms with E-state index in [1.165, 1.54) is 18.7 Å². The number of hydrogen-bond donors (Lipinski definition) is 6. The number of thioether (sulfide) groups is 1. The number of halogens is 1. The van der Waals surface area contributed by atoms with Crippen LogP contribution >= 0.6 is 34.7 Å². The van der Waals surface area contributed by atoms with Gasteiger partial charge < -0.3 is 36.8 Å². The summed E-state index contributed by atoms with van der Waals surface area (Å²) < 4.78 is 1.70. The van der Waals surface area contributed by atoms with Gasteiger partial charge >= 0.3 is 11.9 Å². The predicted octanol–water partition coefficient (Wildman–Crippen LogP) is -0.121. The lowest BCUT2D eigenvalue weighted by Gasteiger charge is -2.49. The van der Waals surface area contributed by atoms with Crippen LogP contribution in [-0.4, -0.2) is 83.7 Å². The van der Waals surface area contributed by atoms with Gasteiger partial charge in [0.15, 0.2) is 29.8 Å². The number of carboxylic acids is 2. The second-order valence-electron chi connectivity index (χ2n) is 9.35. The lowest BCUT2D eigenvalue weighted by Crippen LogP contribution is -2.71. The Labute approximate surface area is 254 Å². The summed E-state index contributed by atoms with van der Waals surface area (Å²) in [5, 5.41) is 25.2. The third kappa shape index (κ3) is 5.71. The highest BCUT2D eigenvalue weighted by Crippen LogP contribution is 2.40. The van der Waals surface area contributed by atoms with E-state index < -0.39 is 52.9 Å². The summed E-state index contributed by atoms with van der Waals surface area (Å²) in [4.78, 5) is 74.3. The number of aliphatic carboxylic acids is 2. The fourth-order valence-electron chi connectivity index (χ4n) is 4.42. The maximum absolute atomic E-state index is 13.2. The Bertz CT molecular complexity index is 1770. The van der Waals surface area contributed by atoms with Crippen molar-refractivity contribution in [2.75, 3.05) is 11.5 Å². The van der Waals surface area contributed by atoms with Gasteiger partial charge in [-0.2, -0.15) is 0 Å². The number of anilines is 1. The minimum absolute atomic E-state index is 0.00566. The first-order chi connectivity index (χ1) is 20.3. The van der Waals surface area contributed by atoms with Gasteiger partial charge in [0.25, 0.3) is 17.7 Å². The molecule has 3 aromatic heterocycles. The van der Waals surface area contributed by atoms with Gasteiger partial charge in [-0.05, 0) is 13.0 Å². The molecule has 5 heterocycles. The zero-order valence-electron chi connectivity index (χ0n) is 21.9. The largest absolute Gasteiger partial charge is 0.478 e. The molecule has 1 fully saturated rings. The number of carbonyl (C=O) groups excluding carboxylic acids is 3. The van der Waals surface area contributed by atoms with Crippen LogP contribution in [0.4, 0.5) is 5.13 Å². The highest BCUT2D eigenvalue weighted by molar-refractivity contribution is 8.00. The van der Waals surface area contributed by atoms with E-state index in [4.69, 9.17) is 33.0 Å². The topological polar surface area (TPSA) is 247 Å². The van der Waals surface area contributed by atoms with E-state index in [1.54, 1.807) is 29.1 Å². The number of rotatable bonds is 10. The lowest BCUT2D eigenvalue weighted by molar-refractivity contribution is -0.687. The molecule has 19 heteroatoms. The first-order valence-corrected chi connectivity index (χ1v) is 14.5. The molecule has 3 aromatic rings. The predicted molar refractivity (Wildman–Crippen MR) is 153 cm³/mol. The van der Waals surface area contributed by atoms with Crippen LogP contribution in [0.1, 0.15) is 23.1 Å². The number of nitrogens with zero attached hydrogens (tertiary/aromatic N) is 4. The van der Waals surface area contributed by atoms with Gasteiger partial charge in [-0.3, -0.25) is 19.3 Å². The van der Waals surface area contributed by atoms with E-state index in [9.17, 15) is 29.1 Å². The maximum atomic E-state index is 13.2. The molecule has 5 rings (SSSR count). The summed E-state index contributed by atoms with van der Waals surface area (Å²) >= 11 is 8.23. The van der Waals surface area contributed by atoms with Gasteiger partial charge in [-0.25, -0.2) is 19.1 Å². The summed E-state index contributed by atoms with van der Waals surface area (Å²) in [7, 11) is 0. The normalized spacial score (nSPS) is 19.1. The van der Waals surface area contributed by atoms with Gasteiger partial charge in [0.2, 0.25) is 6.10 Å². The van der Waals surface area contributed by atoms with Crippen molar-refractivity contribution in [3.8, 4) is 0 Å². The number of nitrogens with two attached hydrogens (primary N) is 2. The molecule has 1 saturated heterocycles. The number of nitrogen functional groups attached to an aromatic ring is 1. The number of nitrogens with one attached hydrogen (secondary N) is 2. The van der Waals surface area contributed by atoms with Crippen molar-refractivity contribution in [3.63, 3.8) is 0 Å². The molecule has 2 aliphatic heterocycles. The summed E-state index contributed by atoms with van der Waals surface area (Å²) in [6.07, 6.45) is 1.99. The van der Waals surface area contributed by atoms with Crippen LogP contribution in [0.2, 0.25) is 4.34 Å². The van der Waals surface area contributed by atoms with Gasteiger partial charge in [-0.1, -0.05) is 28.1 Å². The van der Waals surface area contributed by atoms with Gasteiger partial charge in [0.1, 0.15) is 32.8 Å². The van der Waals surface area contributed by atoms with E-state index in [0.29, 0.717) is 16.5 Å². The SMILES string of the molecule is C[C@H](ON=C(C(=O)N[C@@H]1C(=O)N2C(C(=O)O)=C(C[n+]3ccc4[nH]c(C(N)=O)cc4c3)CSC12)c1nc(N)sc1Cl)C(=O)O. The Hall–Kier alpha value is -4.68. The molecule has 3 amide bonds. The minimum Gasteiger partial charge on any atom is -0.478 e. The Morgan fingerprint density at radius 2 is 2.12 bits per heavy atom. The summed E-state index contributed by atoms with van der Waals surface area (Å²) in [6.45, 7) is 1.32. The van der Waals surface area contributed by atoms with E-state index in [1.807, 2.05) is 0 Å². The van der Waals surface area contributed by atoms with Crippen LogP contribution in [0.15, 0.2) is 41.0 Å². The summed E-state index contributed by atoms with van der Waals surface area (Å²) in [5.74, 6) is -4.70. The lowest BCUT2D eigenvalue weighted by atomic mass is 10.0. The highest BCUT2D eigenvalue weighted by Gasteiger charge is 2.55. The van der Waals surface area contributed by atoms with E-state index in [0.717, 1.165) is 16.2 Å². The van der Waals surface area contributed by atoms with Crippen LogP contribution < -0.4 is 21.4 Å². The quantitative estimate of drug-likeness (QED) is 0.0731. The van der Waals surface area contributed by atoms with Gasteiger partial charge in [0.05, 0.1) is 10.9 Å². The number of amides is 3. The van der Waals surface area contributed by atoms with Crippen LogP contribution in [-0.2, 0) is 30.6 Å². The Balaban J connectivity index is 1.37. The zero-order valence-corrected chi connectivity index (χ0v) is 24.3. The zero-order chi connectivity index (χ0) is 31.2. The molecule has 0 spiro atoms. The number of hydrogen-bond acceptors (Lipinski definition) is 11. The number of thiazole rings is 1. The second kappa shape index (κ2) is 11.5. The average molecular weight is 650 g/mol. The highest BCUT2D eigenvalue weighted by atomic mass is 35.5. The molecule has 1 unspecified atom stereocenters. The molecular formula is C24H22ClN8O8S2+. The van der Waals surface area contributed by atoms with Crippen molar-refractivity contribution >= 4 is 86.1 Å². The first kappa shape index (κ1) is 29.8. The number of carbonyl (C=O) groups is 5. The third-order valence-electron chi connectivity index (χ3n) is 6.48. The molecule has 0 bridgehead atoms. The molecule has 2 aliphatic rings. The van der Waals surface area contributed by atoms with E-state index in [-0.39, 0.29) is 38.9 Å². The molecular weight excluding hydrogens is 628 g/mol. The first-order valence-electron chi connectivity index (χ1n) is 12.3. The molecule has 43 heavy (non-hydrogen) atoms. The second-order valence-corrected chi connectivity index (χ2v) is 12.1. The molecule has 0 aromatic carbocycles. The molecule has 16 nitrogen and oxygen atoms in total. The Morgan fingerprint density at radius 3 is 2.74 bits per heavy atom. The number of fused-ring (bicyclic) bond motifs is 2. The van der Waals surface area contributed by atoms with Crippen LogP contribution in [0, 0.1) is 0 Å². The fourth-order valence-corrected chi connectivity index (χ4v) is 6.69. The molecule has 8 N–H and O–H groups in total.